The molecule has 1 aliphatic heterocycles. The number of nitrogens with two attached hydrogens (primary N) is 1. The summed E-state index contributed by atoms with van der Waals surface area (Å²) in [6, 6.07) is 4.96. The van der Waals surface area contributed by atoms with Gasteiger partial charge in [-0.3, -0.25) is 0 Å². The molecule has 4 nitrogen and oxygen atoms in total. The first-order valence-electron chi connectivity index (χ1n) is 4.55. The fraction of sp³-hybridized carbons (Fsp3) is 0.300. The molecule has 0 unspecified atom stereocenters. The third-order valence-electron chi connectivity index (χ3n) is 2.47. The molecule has 0 aromatic heterocycles. The minimum absolute atomic E-state index is 0.0504. The topological polar surface area (TPSA) is 75.3 Å². The molecule has 4 N–H and O–H groups in total. The molecule has 1 heterocycles. The van der Waals surface area contributed by atoms with E-state index in [0.717, 1.165) is 24.2 Å². The average molecular weight is 192 g/mol. The van der Waals surface area contributed by atoms with Crippen molar-refractivity contribution in [2.45, 2.75) is 12.5 Å². The molecule has 1 aromatic carbocycles. The van der Waals surface area contributed by atoms with Gasteiger partial charge in [0, 0.05) is 18.3 Å². The lowest BCUT2D eigenvalue weighted by molar-refractivity contribution is 0.0697. The van der Waals surface area contributed by atoms with Gasteiger partial charge in [-0.1, -0.05) is 0 Å². The van der Waals surface area contributed by atoms with Crippen molar-refractivity contribution in [1.29, 1.82) is 0 Å². The molecule has 0 spiro atoms. The van der Waals surface area contributed by atoms with Crippen LogP contribution in [0.2, 0.25) is 0 Å². The van der Waals surface area contributed by atoms with Crippen LogP contribution in [0.3, 0.4) is 0 Å². The van der Waals surface area contributed by atoms with E-state index in [1.165, 1.54) is 0 Å². The zero-order chi connectivity index (χ0) is 10.1. The van der Waals surface area contributed by atoms with Crippen LogP contribution in [0.15, 0.2) is 18.2 Å². The van der Waals surface area contributed by atoms with E-state index in [-0.39, 0.29) is 6.04 Å². The second-order valence-corrected chi connectivity index (χ2v) is 3.43. The molecule has 0 radical (unpaired) electrons. The molecule has 0 amide bonds. The summed E-state index contributed by atoms with van der Waals surface area (Å²) in [5.74, 6) is -0.912. The van der Waals surface area contributed by atoms with Gasteiger partial charge in [-0.15, -0.1) is 0 Å². The number of nitrogens with one attached hydrogen (secondary N) is 1. The number of anilines is 1. The Hall–Kier alpha value is -1.55. The number of fused-ring (bicyclic) bond motifs is 1. The van der Waals surface area contributed by atoms with Crippen LogP contribution < -0.4 is 11.1 Å². The van der Waals surface area contributed by atoms with Crippen LogP contribution in [0.4, 0.5) is 5.69 Å². The van der Waals surface area contributed by atoms with Crippen LogP contribution in [-0.2, 0) is 0 Å². The summed E-state index contributed by atoms with van der Waals surface area (Å²) >= 11 is 0. The third kappa shape index (κ3) is 1.44. The first-order chi connectivity index (χ1) is 6.68. The van der Waals surface area contributed by atoms with Crippen molar-refractivity contribution in [1.82, 2.24) is 0 Å². The Morgan fingerprint density at radius 3 is 3.07 bits per heavy atom. The van der Waals surface area contributed by atoms with Crippen molar-refractivity contribution in [2.75, 3.05) is 11.9 Å². The summed E-state index contributed by atoms with van der Waals surface area (Å²) in [4.78, 5) is 10.7. The normalized spacial score (nSPS) is 19.6. The molecule has 2 rings (SSSR count). The number of carbonyl (C=O) groups is 1. The Labute approximate surface area is 81.7 Å². The monoisotopic (exact) mass is 192 g/mol. The van der Waals surface area contributed by atoms with Gasteiger partial charge in [0.05, 0.1) is 5.56 Å². The van der Waals surface area contributed by atoms with E-state index in [9.17, 15) is 4.79 Å². The van der Waals surface area contributed by atoms with E-state index in [0.29, 0.717) is 5.56 Å². The molecule has 0 fully saturated rings. The van der Waals surface area contributed by atoms with E-state index in [1.807, 2.05) is 0 Å². The maximum absolute atomic E-state index is 10.7. The molecular weight excluding hydrogens is 180 g/mol. The van der Waals surface area contributed by atoms with Gasteiger partial charge in [0.2, 0.25) is 0 Å². The minimum atomic E-state index is -0.912. The molecular formula is C10H12N2O2. The number of rotatable bonds is 1. The van der Waals surface area contributed by atoms with E-state index >= 15 is 0 Å². The van der Waals surface area contributed by atoms with Crippen molar-refractivity contribution in [3.8, 4) is 0 Å². The second kappa shape index (κ2) is 3.31. The van der Waals surface area contributed by atoms with Crippen molar-refractivity contribution in [3.63, 3.8) is 0 Å². The Morgan fingerprint density at radius 1 is 1.57 bits per heavy atom. The van der Waals surface area contributed by atoms with Crippen molar-refractivity contribution >= 4 is 11.7 Å². The first kappa shape index (κ1) is 9.02. The molecule has 14 heavy (non-hydrogen) atoms. The summed E-state index contributed by atoms with van der Waals surface area (Å²) in [5, 5.41) is 12.0. The van der Waals surface area contributed by atoms with Gasteiger partial charge >= 0.3 is 5.97 Å². The van der Waals surface area contributed by atoms with E-state index in [4.69, 9.17) is 10.8 Å². The molecule has 1 aromatic rings. The van der Waals surface area contributed by atoms with Crippen LogP contribution in [-0.4, -0.2) is 17.6 Å². The highest BCUT2D eigenvalue weighted by Crippen LogP contribution is 2.28. The summed E-state index contributed by atoms with van der Waals surface area (Å²) in [5.41, 5.74) is 8.03. The van der Waals surface area contributed by atoms with E-state index < -0.39 is 5.97 Å². The van der Waals surface area contributed by atoms with Gasteiger partial charge in [-0.2, -0.15) is 0 Å². The van der Waals surface area contributed by atoms with E-state index in [2.05, 4.69) is 5.32 Å². The highest BCUT2D eigenvalue weighted by molar-refractivity contribution is 5.88. The number of hydrogen-bond acceptors (Lipinski definition) is 3. The third-order valence-corrected chi connectivity index (χ3v) is 2.47. The average Bonchev–Trinajstić information content (AvgIpc) is 2.18. The molecule has 0 bridgehead atoms. The van der Waals surface area contributed by atoms with Gasteiger partial charge < -0.3 is 16.2 Å². The van der Waals surface area contributed by atoms with Gasteiger partial charge in [-0.25, -0.2) is 4.79 Å². The SMILES string of the molecule is N[C@H]1CCNc2ccc(C(=O)O)cc21. The summed E-state index contributed by atoms with van der Waals surface area (Å²) in [6.45, 7) is 0.848. The predicted octanol–water partition coefficient (Wildman–Crippen LogP) is 1.20. The maximum atomic E-state index is 10.7. The Bertz CT molecular complexity index is 376. The standard InChI is InChI=1S/C10H12N2O2/c11-8-3-4-12-9-2-1-6(10(13)14)5-7(8)9/h1-2,5,8,12H,3-4,11H2,(H,13,14)/t8-/m0/s1. The largest absolute Gasteiger partial charge is 0.478 e. The highest BCUT2D eigenvalue weighted by atomic mass is 16.4. The molecule has 1 aliphatic rings. The lowest BCUT2D eigenvalue weighted by Gasteiger charge is -2.23. The predicted molar refractivity (Wildman–Crippen MR) is 53.4 cm³/mol. The number of benzene rings is 1. The van der Waals surface area contributed by atoms with Crippen LogP contribution in [0.5, 0.6) is 0 Å². The zero-order valence-corrected chi connectivity index (χ0v) is 7.66. The molecule has 1 atom stereocenters. The van der Waals surface area contributed by atoms with E-state index in [1.54, 1.807) is 18.2 Å². The minimum Gasteiger partial charge on any atom is -0.478 e. The second-order valence-electron chi connectivity index (χ2n) is 3.43. The number of carboxylic acid groups (broad SMARTS) is 1. The van der Waals surface area contributed by atoms with Gasteiger partial charge in [0.1, 0.15) is 0 Å². The lowest BCUT2D eigenvalue weighted by Crippen LogP contribution is -2.22. The molecule has 4 heteroatoms. The Balaban J connectivity index is 2.45. The smallest absolute Gasteiger partial charge is 0.335 e. The van der Waals surface area contributed by atoms with Crippen molar-refractivity contribution in [2.24, 2.45) is 5.73 Å². The fourth-order valence-electron chi connectivity index (χ4n) is 1.68. The summed E-state index contributed by atoms with van der Waals surface area (Å²) in [7, 11) is 0. The summed E-state index contributed by atoms with van der Waals surface area (Å²) in [6.07, 6.45) is 0.843. The molecule has 74 valence electrons. The lowest BCUT2D eigenvalue weighted by atomic mass is 9.97. The van der Waals surface area contributed by atoms with Crippen LogP contribution in [0, 0.1) is 0 Å². The van der Waals surface area contributed by atoms with Crippen LogP contribution in [0.1, 0.15) is 28.4 Å². The Kier molecular flexibility index (Phi) is 2.13. The molecule has 0 saturated heterocycles. The number of aromatic carboxylic acids is 1. The number of carboxylic acids is 1. The highest BCUT2D eigenvalue weighted by Gasteiger charge is 2.17. The maximum Gasteiger partial charge on any atom is 0.335 e. The summed E-state index contributed by atoms with van der Waals surface area (Å²) < 4.78 is 0. The van der Waals surface area contributed by atoms with Crippen LogP contribution in [0.25, 0.3) is 0 Å². The van der Waals surface area contributed by atoms with Gasteiger partial charge in [-0.05, 0) is 30.2 Å². The van der Waals surface area contributed by atoms with Gasteiger partial charge in [0.25, 0.3) is 0 Å². The van der Waals surface area contributed by atoms with Gasteiger partial charge in [0.15, 0.2) is 0 Å². The Morgan fingerprint density at radius 2 is 2.36 bits per heavy atom. The molecule has 0 saturated carbocycles. The fourth-order valence-corrected chi connectivity index (χ4v) is 1.68. The quantitative estimate of drug-likeness (QED) is 0.625. The number of hydrogen-bond donors (Lipinski definition) is 3. The molecule has 0 aliphatic carbocycles. The first-order valence-corrected chi connectivity index (χ1v) is 4.55. The van der Waals surface area contributed by atoms with Crippen molar-refractivity contribution < 1.29 is 9.90 Å². The van der Waals surface area contributed by atoms with Crippen molar-refractivity contribution in [3.05, 3.63) is 29.3 Å². The zero-order valence-electron chi connectivity index (χ0n) is 7.66. The van der Waals surface area contributed by atoms with Crippen LogP contribution >= 0.6 is 0 Å².